The highest BCUT2D eigenvalue weighted by molar-refractivity contribution is 7.14. The Bertz CT molecular complexity index is 963. The summed E-state index contributed by atoms with van der Waals surface area (Å²) in [6.45, 7) is 2.41. The van der Waals surface area contributed by atoms with E-state index in [0.29, 0.717) is 11.7 Å². The summed E-state index contributed by atoms with van der Waals surface area (Å²) in [6.07, 6.45) is 0.760. The minimum absolute atomic E-state index is 0.180. The number of rotatable bonds is 6. The summed E-state index contributed by atoms with van der Waals surface area (Å²) >= 11 is 1.32. The van der Waals surface area contributed by atoms with Crippen molar-refractivity contribution < 1.29 is 9.53 Å². The number of ether oxygens (including phenoxy) is 1. The van der Waals surface area contributed by atoms with Crippen LogP contribution < -0.4 is 15.6 Å². The van der Waals surface area contributed by atoms with Crippen molar-refractivity contribution in [2.45, 2.75) is 19.9 Å². The van der Waals surface area contributed by atoms with E-state index in [0.717, 1.165) is 23.4 Å². The number of aryl methyl sites for hydroxylation is 1. The van der Waals surface area contributed by atoms with Gasteiger partial charge in [-0.2, -0.15) is 5.10 Å². The maximum Gasteiger partial charge on any atom is 0.277 e. The van der Waals surface area contributed by atoms with Crippen molar-refractivity contribution in [1.82, 2.24) is 14.8 Å². The Morgan fingerprint density at radius 1 is 1.23 bits per heavy atom. The molecule has 0 atom stereocenters. The van der Waals surface area contributed by atoms with Crippen LogP contribution in [0.1, 0.15) is 23.8 Å². The quantitative estimate of drug-likeness (QED) is 0.721. The maximum atomic E-state index is 12.4. The molecule has 8 heteroatoms. The molecule has 0 bridgehead atoms. The summed E-state index contributed by atoms with van der Waals surface area (Å²) in [5.74, 6) is 0.372. The molecule has 0 saturated carbocycles. The Kier molecular flexibility index (Phi) is 5.43. The predicted molar refractivity (Wildman–Crippen MR) is 101 cm³/mol. The molecule has 0 aliphatic carbocycles. The molecule has 0 aliphatic rings. The second-order valence-corrected chi connectivity index (χ2v) is 6.36. The largest absolute Gasteiger partial charge is 0.497 e. The number of carbonyl (C=O) groups excluding carboxylic acids is 1. The van der Waals surface area contributed by atoms with Crippen LogP contribution >= 0.6 is 11.3 Å². The van der Waals surface area contributed by atoms with Crippen LogP contribution in [0.4, 0.5) is 5.13 Å². The number of hydrogen-bond donors (Lipinski definition) is 1. The van der Waals surface area contributed by atoms with Gasteiger partial charge in [-0.05, 0) is 36.8 Å². The van der Waals surface area contributed by atoms with Crippen LogP contribution in [0, 0.1) is 0 Å². The fraction of sp³-hybridized carbons (Fsp3) is 0.222. The Hall–Kier alpha value is -3.00. The van der Waals surface area contributed by atoms with Crippen LogP contribution in [0.15, 0.2) is 46.6 Å². The fourth-order valence-corrected chi connectivity index (χ4v) is 3.04. The van der Waals surface area contributed by atoms with Crippen molar-refractivity contribution in [2.24, 2.45) is 0 Å². The maximum absolute atomic E-state index is 12.4. The smallest absolute Gasteiger partial charge is 0.277 e. The summed E-state index contributed by atoms with van der Waals surface area (Å²) in [5, 5.41) is 9.16. The lowest BCUT2D eigenvalue weighted by atomic mass is 10.2. The minimum Gasteiger partial charge on any atom is -0.497 e. The molecule has 1 amide bonds. The highest BCUT2D eigenvalue weighted by atomic mass is 32.1. The number of nitrogens with one attached hydrogen (secondary N) is 1. The number of nitrogens with zero attached hydrogens (tertiary/aromatic N) is 3. The van der Waals surface area contributed by atoms with Gasteiger partial charge >= 0.3 is 0 Å². The van der Waals surface area contributed by atoms with E-state index in [1.165, 1.54) is 28.2 Å². The average molecular weight is 370 g/mol. The van der Waals surface area contributed by atoms with Crippen molar-refractivity contribution >= 4 is 22.4 Å². The number of methoxy groups -OCH3 is 1. The first kappa shape index (κ1) is 17.8. The van der Waals surface area contributed by atoms with Crippen LogP contribution in [0.25, 0.3) is 11.3 Å². The first-order valence-electron chi connectivity index (χ1n) is 8.10. The van der Waals surface area contributed by atoms with Gasteiger partial charge in [-0.3, -0.25) is 14.9 Å². The van der Waals surface area contributed by atoms with Gasteiger partial charge in [-0.15, -0.1) is 11.3 Å². The number of benzene rings is 1. The van der Waals surface area contributed by atoms with E-state index >= 15 is 0 Å². The van der Waals surface area contributed by atoms with E-state index in [-0.39, 0.29) is 11.3 Å². The SMILES string of the molecule is CCCn1nc(C(=O)Nc2nc(-c3ccc(OC)cc3)cs2)ccc1=O. The standard InChI is InChI=1S/C18H18N4O3S/c1-3-10-22-16(23)9-8-14(21-22)17(24)20-18-19-15(11-26-18)12-4-6-13(25-2)7-5-12/h4-9,11H,3,10H2,1-2H3,(H,19,20,24). The van der Waals surface area contributed by atoms with Crippen LogP contribution in [0.5, 0.6) is 5.75 Å². The molecular weight excluding hydrogens is 352 g/mol. The molecular formula is C18H18N4O3S. The van der Waals surface area contributed by atoms with Gasteiger partial charge in [-0.1, -0.05) is 6.92 Å². The highest BCUT2D eigenvalue weighted by Gasteiger charge is 2.13. The molecule has 0 fully saturated rings. The number of carbonyl (C=O) groups is 1. The molecule has 3 rings (SSSR count). The van der Waals surface area contributed by atoms with Gasteiger partial charge < -0.3 is 4.74 Å². The highest BCUT2D eigenvalue weighted by Crippen LogP contribution is 2.26. The lowest BCUT2D eigenvalue weighted by Gasteiger charge is -2.05. The summed E-state index contributed by atoms with van der Waals surface area (Å²) < 4.78 is 6.43. The minimum atomic E-state index is -0.398. The molecule has 0 saturated heterocycles. The van der Waals surface area contributed by atoms with Crippen molar-refractivity contribution in [1.29, 1.82) is 0 Å². The monoisotopic (exact) mass is 370 g/mol. The predicted octanol–water partition coefficient (Wildman–Crippen LogP) is 3.04. The van der Waals surface area contributed by atoms with Crippen LogP contribution in [-0.4, -0.2) is 27.8 Å². The topological polar surface area (TPSA) is 86.1 Å². The molecule has 2 aromatic heterocycles. The van der Waals surface area contributed by atoms with E-state index in [4.69, 9.17) is 4.74 Å². The summed E-state index contributed by atoms with van der Waals surface area (Å²) in [7, 11) is 1.61. The molecule has 1 aromatic carbocycles. The van der Waals surface area contributed by atoms with Crippen molar-refractivity contribution in [2.75, 3.05) is 12.4 Å². The number of amides is 1. The van der Waals surface area contributed by atoms with Crippen LogP contribution in [-0.2, 0) is 6.54 Å². The third-order valence-corrected chi connectivity index (χ3v) is 4.40. The fourth-order valence-electron chi connectivity index (χ4n) is 2.33. The lowest BCUT2D eigenvalue weighted by Crippen LogP contribution is -2.26. The van der Waals surface area contributed by atoms with Crippen molar-refractivity contribution in [3.8, 4) is 17.0 Å². The van der Waals surface area contributed by atoms with Crippen LogP contribution in [0.2, 0.25) is 0 Å². The zero-order valence-electron chi connectivity index (χ0n) is 14.4. The molecule has 1 N–H and O–H groups in total. The molecule has 0 spiro atoms. The number of hydrogen-bond acceptors (Lipinski definition) is 6. The third kappa shape index (κ3) is 3.97. The average Bonchev–Trinajstić information content (AvgIpc) is 3.12. The first-order valence-corrected chi connectivity index (χ1v) is 8.98. The Morgan fingerprint density at radius 3 is 2.69 bits per heavy atom. The van der Waals surface area contributed by atoms with Crippen LogP contribution in [0.3, 0.4) is 0 Å². The van der Waals surface area contributed by atoms with Gasteiger partial charge in [0.05, 0.1) is 12.8 Å². The normalized spacial score (nSPS) is 10.5. The van der Waals surface area contributed by atoms with Gasteiger partial charge in [0, 0.05) is 23.6 Å². The Labute approximate surface area is 154 Å². The lowest BCUT2D eigenvalue weighted by molar-refractivity contribution is 0.101. The van der Waals surface area contributed by atoms with Gasteiger partial charge in [0.1, 0.15) is 11.4 Å². The number of anilines is 1. The van der Waals surface area contributed by atoms with E-state index < -0.39 is 5.91 Å². The second-order valence-electron chi connectivity index (χ2n) is 5.50. The molecule has 0 radical (unpaired) electrons. The molecule has 26 heavy (non-hydrogen) atoms. The third-order valence-electron chi connectivity index (χ3n) is 3.65. The summed E-state index contributed by atoms with van der Waals surface area (Å²) in [5.41, 5.74) is 1.65. The van der Waals surface area contributed by atoms with Crippen molar-refractivity contribution in [3.05, 3.63) is 57.8 Å². The summed E-state index contributed by atoms with van der Waals surface area (Å²) in [4.78, 5) is 28.5. The van der Waals surface area contributed by atoms with Gasteiger partial charge in [-0.25, -0.2) is 9.67 Å². The van der Waals surface area contributed by atoms with E-state index in [2.05, 4.69) is 15.4 Å². The molecule has 3 aromatic rings. The van der Waals surface area contributed by atoms with Crippen molar-refractivity contribution in [3.63, 3.8) is 0 Å². The van der Waals surface area contributed by atoms with E-state index in [9.17, 15) is 9.59 Å². The second kappa shape index (κ2) is 7.92. The molecule has 0 unspecified atom stereocenters. The molecule has 0 aliphatic heterocycles. The number of thiazole rings is 1. The summed E-state index contributed by atoms with van der Waals surface area (Å²) in [6, 6.07) is 10.3. The Balaban J connectivity index is 1.75. The van der Waals surface area contributed by atoms with E-state index in [1.54, 1.807) is 7.11 Å². The van der Waals surface area contributed by atoms with Gasteiger partial charge in [0.25, 0.3) is 11.5 Å². The molecule has 7 nitrogen and oxygen atoms in total. The number of aromatic nitrogens is 3. The van der Waals surface area contributed by atoms with Gasteiger partial charge in [0.15, 0.2) is 5.13 Å². The van der Waals surface area contributed by atoms with E-state index in [1.807, 2.05) is 36.6 Å². The zero-order chi connectivity index (χ0) is 18.5. The first-order chi connectivity index (χ1) is 12.6. The molecule has 2 heterocycles. The van der Waals surface area contributed by atoms with Gasteiger partial charge in [0.2, 0.25) is 0 Å². The molecule has 134 valence electrons. The zero-order valence-corrected chi connectivity index (χ0v) is 15.2. The Morgan fingerprint density at radius 2 is 2.00 bits per heavy atom.